The van der Waals surface area contributed by atoms with Crippen LogP contribution in [0.4, 0.5) is 5.13 Å². The molecule has 0 saturated heterocycles. The quantitative estimate of drug-likeness (QED) is 0.762. The Balaban J connectivity index is 2.11. The number of hydrogen-bond donors (Lipinski definition) is 2. The maximum Gasteiger partial charge on any atom is 0.273 e. The molecule has 0 spiro atoms. The van der Waals surface area contributed by atoms with Crippen molar-refractivity contribution in [1.82, 2.24) is 15.2 Å². The highest BCUT2D eigenvalue weighted by atomic mass is 35.5. The third-order valence-electron chi connectivity index (χ3n) is 2.74. The van der Waals surface area contributed by atoms with Crippen LogP contribution in [-0.4, -0.2) is 15.2 Å². The number of H-pyrrole nitrogens is 1. The Labute approximate surface area is 123 Å². The van der Waals surface area contributed by atoms with Crippen molar-refractivity contribution in [3.05, 3.63) is 51.1 Å². The molecule has 0 fully saturated rings. The lowest BCUT2D eigenvalue weighted by Crippen LogP contribution is -2.11. The van der Waals surface area contributed by atoms with E-state index in [0.29, 0.717) is 27.1 Å². The van der Waals surface area contributed by atoms with Gasteiger partial charge in [0, 0.05) is 16.0 Å². The van der Waals surface area contributed by atoms with E-state index in [2.05, 4.69) is 15.2 Å². The molecule has 0 bridgehead atoms. The molecule has 3 aromatic rings. The topological polar surface area (TPSA) is 84.7 Å². The Morgan fingerprint density at radius 3 is 2.60 bits per heavy atom. The first-order chi connectivity index (χ1) is 9.63. The molecule has 0 atom stereocenters. The van der Waals surface area contributed by atoms with Crippen LogP contribution < -0.4 is 11.3 Å². The second-order valence-corrected chi connectivity index (χ2v) is 5.40. The van der Waals surface area contributed by atoms with Gasteiger partial charge >= 0.3 is 0 Å². The van der Waals surface area contributed by atoms with E-state index in [1.807, 2.05) is 12.1 Å². The number of nitrogens with one attached hydrogen (secondary N) is 1. The standard InChI is InChI=1S/C13H9ClN4OS/c14-8-3-1-7(2-4-8)10-5-9(12(19)18-17-10)11-6-20-13(15)16-11/h1-6H,(H2,15,16)(H,18,19). The van der Waals surface area contributed by atoms with Gasteiger partial charge in [-0.3, -0.25) is 4.79 Å². The van der Waals surface area contributed by atoms with E-state index >= 15 is 0 Å². The van der Waals surface area contributed by atoms with E-state index in [-0.39, 0.29) is 5.56 Å². The number of aromatic nitrogens is 3. The number of nitrogens with two attached hydrogens (primary N) is 1. The number of aromatic amines is 1. The van der Waals surface area contributed by atoms with Gasteiger partial charge in [0.05, 0.1) is 17.0 Å². The molecule has 2 heterocycles. The first-order valence-electron chi connectivity index (χ1n) is 5.70. The number of anilines is 1. The van der Waals surface area contributed by atoms with E-state index in [1.54, 1.807) is 23.6 Å². The summed E-state index contributed by atoms with van der Waals surface area (Å²) in [7, 11) is 0. The summed E-state index contributed by atoms with van der Waals surface area (Å²) in [5.74, 6) is 0. The van der Waals surface area contributed by atoms with Gasteiger partial charge in [-0.05, 0) is 18.2 Å². The molecule has 100 valence electrons. The van der Waals surface area contributed by atoms with E-state index in [4.69, 9.17) is 17.3 Å². The molecular weight excluding hydrogens is 296 g/mol. The van der Waals surface area contributed by atoms with Crippen molar-refractivity contribution in [2.45, 2.75) is 0 Å². The third-order valence-corrected chi connectivity index (χ3v) is 3.67. The van der Waals surface area contributed by atoms with Crippen molar-refractivity contribution in [1.29, 1.82) is 0 Å². The summed E-state index contributed by atoms with van der Waals surface area (Å²) < 4.78 is 0. The minimum Gasteiger partial charge on any atom is -0.375 e. The van der Waals surface area contributed by atoms with Gasteiger partial charge in [-0.2, -0.15) is 5.10 Å². The molecule has 3 rings (SSSR count). The molecule has 2 aromatic heterocycles. The summed E-state index contributed by atoms with van der Waals surface area (Å²) >= 11 is 7.14. The van der Waals surface area contributed by atoms with Crippen molar-refractivity contribution < 1.29 is 0 Å². The minimum absolute atomic E-state index is 0.298. The largest absolute Gasteiger partial charge is 0.375 e. The Morgan fingerprint density at radius 1 is 1.20 bits per heavy atom. The molecule has 7 heteroatoms. The average Bonchev–Trinajstić information content (AvgIpc) is 2.87. The molecule has 5 nitrogen and oxygen atoms in total. The highest BCUT2D eigenvalue weighted by Gasteiger charge is 2.10. The number of nitrogens with zero attached hydrogens (tertiary/aromatic N) is 2. The Kier molecular flexibility index (Phi) is 3.25. The zero-order chi connectivity index (χ0) is 14.1. The molecule has 1 aromatic carbocycles. The molecule has 0 radical (unpaired) electrons. The van der Waals surface area contributed by atoms with Crippen LogP contribution >= 0.6 is 22.9 Å². The van der Waals surface area contributed by atoms with E-state index in [0.717, 1.165) is 5.56 Å². The summed E-state index contributed by atoms with van der Waals surface area (Å²) in [6.45, 7) is 0. The van der Waals surface area contributed by atoms with Crippen LogP contribution in [0.3, 0.4) is 0 Å². The molecule has 0 aliphatic rings. The maximum absolute atomic E-state index is 11.9. The monoisotopic (exact) mass is 304 g/mol. The molecule has 0 aliphatic heterocycles. The van der Waals surface area contributed by atoms with Gasteiger partial charge in [-0.1, -0.05) is 23.7 Å². The number of halogens is 1. The fraction of sp³-hybridized carbons (Fsp3) is 0. The molecule has 3 N–H and O–H groups in total. The van der Waals surface area contributed by atoms with E-state index < -0.39 is 0 Å². The predicted octanol–water partition coefficient (Wildman–Crippen LogP) is 2.80. The van der Waals surface area contributed by atoms with Crippen LogP contribution in [0, 0.1) is 0 Å². The SMILES string of the molecule is Nc1nc(-c2cc(-c3ccc(Cl)cc3)n[nH]c2=O)cs1. The first kappa shape index (κ1) is 12.8. The zero-order valence-corrected chi connectivity index (χ0v) is 11.7. The lowest BCUT2D eigenvalue weighted by atomic mass is 10.1. The third kappa shape index (κ3) is 2.43. The lowest BCUT2D eigenvalue weighted by molar-refractivity contribution is 0.996. The number of nitrogen functional groups attached to an aromatic ring is 1. The number of benzene rings is 1. The minimum atomic E-state index is -0.298. The summed E-state index contributed by atoms with van der Waals surface area (Å²) in [4.78, 5) is 16.0. The molecule has 0 aliphatic carbocycles. The van der Waals surface area contributed by atoms with Gasteiger partial charge < -0.3 is 5.73 Å². The maximum atomic E-state index is 11.9. The Bertz CT molecular complexity index is 810. The number of thiazole rings is 1. The van der Waals surface area contributed by atoms with Crippen molar-refractivity contribution in [3.63, 3.8) is 0 Å². The van der Waals surface area contributed by atoms with Crippen molar-refractivity contribution in [3.8, 4) is 22.5 Å². The van der Waals surface area contributed by atoms with Crippen LogP contribution in [-0.2, 0) is 0 Å². The van der Waals surface area contributed by atoms with Crippen LogP contribution in [0.25, 0.3) is 22.5 Å². The lowest BCUT2D eigenvalue weighted by Gasteiger charge is -2.02. The number of hydrogen-bond acceptors (Lipinski definition) is 5. The van der Waals surface area contributed by atoms with Gasteiger partial charge in [0.15, 0.2) is 5.13 Å². The summed E-state index contributed by atoms with van der Waals surface area (Å²) in [5.41, 5.74) is 7.79. The second kappa shape index (κ2) is 5.07. The molecule has 0 amide bonds. The smallest absolute Gasteiger partial charge is 0.273 e. The van der Waals surface area contributed by atoms with Crippen molar-refractivity contribution in [2.75, 3.05) is 5.73 Å². The van der Waals surface area contributed by atoms with Gasteiger partial charge in [0.2, 0.25) is 0 Å². The molecule has 20 heavy (non-hydrogen) atoms. The fourth-order valence-corrected chi connectivity index (χ4v) is 2.46. The zero-order valence-electron chi connectivity index (χ0n) is 10.1. The van der Waals surface area contributed by atoms with Gasteiger partial charge in [-0.25, -0.2) is 10.1 Å². The summed E-state index contributed by atoms with van der Waals surface area (Å²) in [6.07, 6.45) is 0. The predicted molar refractivity (Wildman–Crippen MR) is 80.8 cm³/mol. The van der Waals surface area contributed by atoms with Crippen LogP contribution in [0.2, 0.25) is 5.02 Å². The average molecular weight is 305 g/mol. The van der Waals surface area contributed by atoms with Gasteiger partial charge in [-0.15, -0.1) is 11.3 Å². The molecule has 0 unspecified atom stereocenters. The van der Waals surface area contributed by atoms with Gasteiger partial charge in [0.25, 0.3) is 5.56 Å². The van der Waals surface area contributed by atoms with Crippen molar-refractivity contribution >= 4 is 28.1 Å². The van der Waals surface area contributed by atoms with Crippen LogP contribution in [0.1, 0.15) is 0 Å². The van der Waals surface area contributed by atoms with Crippen LogP contribution in [0.5, 0.6) is 0 Å². The Hall–Kier alpha value is -2.18. The van der Waals surface area contributed by atoms with Crippen molar-refractivity contribution in [2.24, 2.45) is 0 Å². The first-order valence-corrected chi connectivity index (χ1v) is 6.96. The molecular formula is C13H9ClN4OS. The normalized spacial score (nSPS) is 10.7. The highest BCUT2D eigenvalue weighted by molar-refractivity contribution is 7.13. The van der Waals surface area contributed by atoms with E-state index in [9.17, 15) is 4.79 Å². The summed E-state index contributed by atoms with van der Waals surface area (Å²) in [5, 5.41) is 9.32. The van der Waals surface area contributed by atoms with Gasteiger partial charge in [0.1, 0.15) is 0 Å². The fourth-order valence-electron chi connectivity index (χ4n) is 1.78. The Morgan fingerprint density at radius 2 is 1.95 bits per heavy atom. The second-order valence-electron chi connectivity index (χ2n) is 4.07. The summed E-state index contributed by atoms with van der Waals surface area (Å²) in [6, 6.07) is 8.90. The number of rotatable bonds is 2. The van der Waals surface area contributed by atoms with Crippen LogP contribution in [0.15, 0.2) is 40.5 Å². The highest BCUT2D eigenvalue weighted by Crippen LogP contribution is 2.24. The molecule has 0 saturated carbocycles. The van der Waals surface area contributed by atoms with E-state index in [1.165, 1.54) is 11.3 Å².